The molecule has 1 unspecified atom stereocenters. The molecule has 4 rings (SSSR count). The molecular formula is C24H42O21. The molecule has 45 heavy (non-hydrogen) atoms. The van der Waals surface area contributed by atoms with Crippen LogP contribution in [0.3, 0.4) is 0 Å². The summed E-state index contributed by atoms with van der Waals surface area (Å²) in [6.45, 7) is -2.93. The summed E-state index contributed by atoms with van der Waals surface area (Å²) in [5, 5.41) is 142. The second-order valence-electron chi connectivity index (χ2n) is 11.2. The Labute approximate surface area is 254 Å². The van der Waals surface area contributed by atoms with Crippen LogP contribution in [0.15, 0.2) is 0 Å². The van der Waals surface area contributed by atoms with Crippen LogP contribution in [0.4, 0.5) is 0 Å². The van der Waals surface area contributed by atoms with Crippen molar-refractivity contribution in [3.63, 3.8) is 0 Å². The molecule has 4 fully saturated rings. The first-order chi connectivity index (χ1) is 21.2. The fourth-order valence-corrected chi connectivity index (χ4v) is 5.33. The Morgan fingerprint density at radius 1 is 0.378 bits per heavy atom. The molecule has 4 aliphatic rings. The normalized spacial score (nSPS) is 52.9. The maximum absolute atomic E-state index is 10.9. The second kappa shape index (κ2) is 15.6. The zero-order valence-electron chi connectivity index (χ0n) is 23.5. The second-order valence-corrected chi connectivity index (χ2v) is 11.2. The van der Waals surface area contributed by atoms with Crippen molar-refractivity contribution in [3.8, 4) is 0 Å². The highest BCUT2D eigenvalue weighted by Gasteiger charge is 2.52. The van der Waals surface area contributed by atoms with Gasteiger partial charge in [0.25, 0.3) is 0 Å². The third kappa shape index (κ3) is 7.75. The summed E-state index contributed by atoms with van der Waals surface area (Å²) in [4.78, 5) is 0. The molecule has 21 nitrogen and oxygen atoms in total. The molecule has 0 bridgehead atoms. The van der Waals surface area contributed by atoms with E-state index < -0.39 is 149 Å². The molecule has 0 aromatic carbocycles. The van der Waals surface area contributed by atoms with Crippen molar-refractivity contribution in [2.75, 3.05) is 26.4 Å². The Balaban J connectivity index is 1.41. The summed E-state index contributed by atoms with van der Waals surface area (Å²) in [6, 6.07) is 0. The van der Waals surface area contributed by atoms with Crippen LogP contribution < -0.4 is 0 Å². The largest absolute Gasteiger partial charge is 0.394 e. The van der Waals surface area contributed by atoms with Crippen molar-refractivity contribution < 1.29 is 105 Å². The van der Waals surface area contributed by atoms with Crippen molar-refractivity contribution in [2.45, 2.75) is 123 Å². The van der Waals surface area contributed by atoms with Crippen molar-refractivity contribution in [2.24, 2.45) is 0 Å². The predicted octanol–water partition coefficient (Wildman–Crippen LogP) is -9.75. The van der Waals surface area contributed by atoms with E-state index >= 15 is 0 Å². The summed E-state index contributed by atoms with van der Waals surface area (Å²) in [7, 11) is 0. The van der Waals surface area contributed by atoms with Gasteiger partial charge in [-0.1, -0.05) is 0 Å². The lowest BCUT2D eigenvalue weighted by Gasteiger charge is -2.46. The van der Waals surface area contributed by atoms with E-state index in [-0.39, 0.29) is 0 Å². The van der Waals surface area contributed by atoms with Gasteiger partial charge in [0, 0.05) is 0 Å². The lowest BCUT2D eigenvalue weighted by Crippen LogP contribution is -2.65. The van der Waals surface area contributed by atoms with Gasteiger partial charge in [0.2, 0.25) is 0 Å². The Bertz CT molecular complexity index is 916. The van der Waals surface area contributed by atoms with Crippen molar-refractivity contribution in [1.29, 1.82) is 0 Å². The summed E-state index contributed by atoms with van der Waals surface area (Å²) < 4.78 is 37.4. The maximum Gasteiger partial charge on any atom is 0.187 e. The van der Waals surface area contributed by atoms with Gasteiger partial charge in [0.1, 0.15) is 97.7 Å². The van der Waals surface area contributed by atoms with E-state index in [1.54, 1.807) is 0 Å². The number of hydrogen-bond acceptors (Lipinski definition) is 21. The average Bonchev–Trinajstić information content (AvgIpc) is 3.02. The van der Waals surface area contributed by atoms with Crippen LogP contribution >= 0.6 is 0 Å². The molecule has 4 heterocycles. The number of hydrogen-bond donors (Lipinski definition) is 14. The third-order valence-corrected chi connectivity index (χ3v) is 8.17. The van der Waals surface area contributed by atoms with Crippen molar-refractivity contribution >= 4 is 0 Å². The highest BCUT2D eigenvalue weighted by atomic mass is 16.8. The molecule has 0 amide bonds. The molecular weight excluding hydrogens is 624 g/mol. The Hall–Kier alpha value is -0.840. The first-order valence-electron chi connectivity index (χ1n) is 14.1. The number of rotatable bonds is 10. The quantitative estimate of drug-likeness (QED) is 0.103. The van der Waals surface area contributed by atoms with Gasteiger partial charge in [-0.25, -0.2) is 0 Å². The van der Waals surface area contributed by atoms with Crippen LogP contribution in [0.25, 0.3) is 0 Å². The van der Waals surface area contributed by atoms with Gasteiger partial charge in [-0.3, -0.25) is 0 Å². The van der Waals surface area contributed by atoms with Gasteiger partial charge < -0.3 is 105 Å². The van der Waals surface area contributed by atoms with E-state index in [2.05, 4.69) is 0 Å². The molecule has 0 spiro atoms. The number of aliphatic hydroxyl groups excluding tert-OH is 14. The van der Waals surface area contributed by atoms with Gasteiger partial charge in [-0.05, 0) is 0 Å². The van der Waals surface area contributed by atoms with Crippen LogP contribution in [-0.2, 0) is 33.2 Å². The van der Waals surface area contributed by atoms with E-state index in [9.17, 15) is 71.5 Å². The maximum atomic E-state index is 10.9. The van der Waals surface area contributed by atoms with Crippen LogP contribution in [0.1, 0.15) is 0 Å². The summed E-state index contributed by atoms with van der Waals surface area (Å²) in [6.07, 6.45) is -34.8. The SMILES string of the molecule is OC[C@H]1O[C@H](OC[C@H]2O[C@H](O[C@@H]3[C@@H](O)[C@@H](OC[C@H]4OC(O)[C@H](O)[C@@H](O)[C@@H]4O)O[C@H](CO)[C@H]3O)[C@H](O)[C@@H](O)[C@@H]2O)[C@H](O)[C@@H](O)[C@@H]1O. The lowest BCUT2D eigenvalue weighted by molar-refractivity contribution is -0.369. The minimum atomic E-state index is -1.99. The van der Waals surface area contributed by atoms with Gasteiger partial charge in [-0.15, -0.1) is 0 Å². The Morgan fingerprint density at radius 3 is 1.31 bits per heavy atom. The first-order valence-corrected chi connectivity index (χ1v) is 14.1. The number of ether oxygens (including phenoxy) is 7. The first kappa shape index (κ1) is 37.0. The standard InChI is InChI=1S/C24H42O21/c25-1-5-9(27)14(32)17(35)22(42-5)39-4-8-11(29)15(33)18(36)24(44-8)45-20-12(30)6(2-26)43-23(19(20)37)40-3-7-10(28)13(31)16(34)21(38)41-7/h5-38H,1-4H2/t5-,6-,7-,8-,9-,10-,11-,12-,13+,14+,15+,16-,17-,18-,19-,20+,21?,22+,23+,24-/m1/s1. The van der Waals surface area contributed by atoms with Crippen LogP contribution in [0.5, 0.6) is 0 Å². The zero-order chi connectivity index (χ0) is 33.3. The minimum absolute atomic E-state index is 0.657. The smallest absolute Gasteiger partial charge is 0.187 e. The highest BCUT2D eigenvalue weighted by molar-refractivity contribution is 4.95. The van der Waals surface area contributed by atoms with E-state index in [0.29, 0.717) is 0 Å². The van der Waals surface area contributed by atoms with Crippen molar-refractivity contribution in [1.82, 2.24) is 0 Å². The topological polar surface area (TPSA) is 348 Å². The van der Waals surface area contributed by atoms with Gasteiger partial charge >= 0.3 is 0 Å². The molecule has 14 N–H and O–H groups in total. The summed E-state index contributed by atoms with van der Waals surface area (Å²) in [5.74, 6) is 0. The summed E-state index contributed by atoms with van der Waals surface area (Å²) >= 11 is 0. The molecule has 4 saturated heterocycles. The molecule has 21 heteroatoms. The molecule has 0 radical (unpaired) electrons. The monoisotopic (exact) mass is 666 g/mol. The Morgan fingerprint density at radius 2 is 0.778 bits per heavy atom. The average molecular weight is 667 g/mol. The van der Waals surface area contributed by atoms with Crippen molar-refractivity contribution in [3.05, 3.63) is 0 Å². The predicted molar refractivity (Wildman–Crippen MR) is 134 cm³/mol. The molecule has 4 aliphatic heterocycles. The number of aliphatic hydroxyl groups is 14. The molecule has 0 saturated carbocycles. The van der Waals surface area contributed by atoms with Crippen LogP contribution in [0, 0.1) is 0 Å². The van der Waals surface area contributed by atoms with Crippen LogP contribution in [0.2, 0.25) is 0 Å². The molecule has 0 aromatic heterocycles. The van der Waals surface area contributed by atoms with E-state index in [1.807, 2.05) is 0 Å². The van der Waals surface area contributed by atoms with Gasteiger partial charge in [-0.2, -0.15) is 0 Å². The minimum Gasteiger partial charge on any atom is -0.394 e. The third-order valence-electron chi connectivity index (χ3n) is 8.17. The molecule has 264 valence electrons. The zero-order valence-corrected chi connectivity index (χ0v) is 23.5. The highest BCUT2D eigenvalue weighted by Crippen LogP contribution is 2.31. The lowest BCUT2D eigenvalue weighted by atomic mass is 9.96. The summed E-state index contributed by atoms with van der Waals surface area (Å²) in [5.41, 5.74) is 0. The van der Waals surface area contributed by atoms with Gasteiger partial charge in [0.05, 0.1) is 26.4 Å². The fraction of sp³-hybridized carbons (Fsp3) is 1.00. The molecule has 20 atom stereocenters. The van der Waals surface area contributed by atoms with Crippen LogP contribution in [-0.4, -0.2) is 221 Å². The van der Waals surface area contributed by atoms with Gasteiger partial charge in [0.15, 0.2) is 25.2 Å². The Kier molecular flexibility index (Phi) is 12.8. The van der Waals surface area contributed by atoms with E-state index in [1.165, 1.54) is 0 Å². The fourth-order valence-electron chi connectivity index (χ4n) is 5.33. The molecule has 0 aromatic rings. The molecule has 0 aliphatic carbocycles. The van der Waals surface area contributed by atoms with E-state index in [0.717, 1.165) is 0 Å². The van der Waals surface area contributed by atoms with E-state index in [4.69, 9.17) is 33.2 Å².